The van der Waals surface area contributed by atoms with E-state index in [2.05, 4.69) is 34.1 Å². The Morgan fingerprint density at radius 2 is 1.74 bits per heavy atom. The van der Waals surface area contributed by atoms with E-state index in [0.29, 0.717) is 11.4 Å². The molecule has 3 heterocycles. The van der Waals surface area contributed by atoms with Crippen LogP contribution in [0.4, 0.5) is 5.82 Å². The van der Waals surface area contributed by atoms with Gasteiger partial charge in [-0.25, -0.2) is 15.0 Å². The lowest BCUT2D eigenvalue weighted by Crippen LogP contribution is -2.27. The van der Waals surface area contributed by atoms with Crippen LogP contribution in [0, 0.1) is 0 Å². The van der Waals surface area contributed by atoms with E-state index in [9.17, 15) is 4.79 Å². The monoisotopic (exact) mass is 463 g/mol. The zero-order valence-electron chi connectivity index (χ0n) is 19.5. The molecule has 8 nitrogen and oxygen atoms in total. The largest absolute Gasteiger partial charge is 0.382 e. The maximum absolute atomic E-state index is 13.1. The van der Waals surface area contributed by atoms with Crippen molar-refractivity contribution in [1.82, 2.24) is 29.8 Å². The zero-order valence-corrected chi connectivity index (χ0v) is 19.5. The van der Waals surface area contributed by atoms with Crippen molar-refractivity contribution in [2.24, 2.45) is 0 Å². The van der Waals surface area contributed by atoms with Gasteiger partial charge in [0.1, 0.15) is 5.82 Å². The first-order valence-electron chi connectivity index (χ1n) is 11.4. The predicted molar refractivity (Wildman–Crippen MR) is 136 cm³/mol. The molecule has 3 N–H and O–H groups in total. The van der Waals surface area contributed by atoms with E-state index < -0.39 is 5.91 Å². The number of fused-ring (bicyclic) bond motifs is 1. The Hall–Kier alpha value is -4.59. The number of carbonyl (C=O) groups is 1. The maximum atomic E-state index is 13.1. The second kappa shape index (κ2) is 9.34. The van der Waals surface area contributed by atoms with Gasteiger partial charge in [-0.1, -0.05) is 42.5 Å². The van der Waals surface area contributed by atoms with Crippen molar-refractivity contribution in [2.75, 3.05) is 5.73 Å². The molecule has 0 saturated heterocycles. The summed E-state index contributed by atoms with van der Waals surface area (Å²) in [6.45, 7) is 4.37. The Morgan fingerprint density at radius 1 is 0.943 bits per heavy atom. The fourth-order valence-electron chi connectivity index (χ4n) is 4.03. The number of benzene rings is 2. The minimum atomic E-state index is -0.406. The smallest absolute Gasteiger partial charge is 0.274 e. The van der Waals surface area contributed by atoms with Crippen LogP contribution in [0.2, 0.25) is 0 Å². The number of nitrogen functional groups attached to an aromatic ring is 1. The standard InChI is InChI=1S/C27H25N7O/c1-17(2)34-14-13-30-22(34)16-31-27(35)25-26(28)33-23(18-7-4-3-5-8-18)24(32-25)20-10-11-21-19(15-20)9-6-12-29-21/h3-15,17H,16H2,1-2H3,(H2,28,33)(H,31,35). The third-order valence-electron chi connectivity index (χ3n) is 5.77. The Morgan fingerprint density at radius 3 is 2.54 bits per heavy atom. The molecule has 0 aliphatic rings. The fourth-order valence-corrected chi connectivity index (χ4v) is 4.03. The van der Waals surface area contributed by atoms with E-state index >= 15 is 0 Å². The number of anilines is 1. The van der Waals surface area contributed by atoms with Gasteiger partial charge in [-0.05, 0) is 32.0 Å². The molecular formula is C27H25N7O. The van der Waals surface area contributed by atoms with Gasteiger partial charge in [0.2, 0.25) is 0 Å². The molecule has 35 heavy (non-hydrogen) atoms. The van der Waals surface area contributed by atoms with Crippen LogP contribution < -0.4 is 11.1 Å². The first kappa shape index (κ1) is 22.2. The number of nitrogens with zero attached hydrogens (tertiary/aromatic N) is 5. The molecule has 0 fully saturated rings. The average Bonchev–Trinajstić information content (AvgIpc) is 3.36. The Labute approximate surface area is 202 Å². The molecule has 0 atom stereocenters. The SMILES string of the molecule is CC(C)n1ccnc1CNC(=O)c1nc(-c2ccc3ncccc3c2)c(-c2ccccc2)nc1N. The average molecular weight is 464 g/mol. The number of aromatic nitrogens is 5. The minimum Gasteiger partial charge on any atom is -0.382 e. The van der Waals surface area contributed by atoms with E-state index in [1.807, 2.05) is 71.4 Å². The van der Waals surface area contributed by atoms with E-state index in [4.69, 9.17) is 10.7 Å². The van der Waals surface area contributed by atoms with Crippen LogP contribution in [0.3, 0.4) is 0 Å². The zero-order chi connectivity index (χ0) is 24.4. The van der Waals surface area contributed by atoms with Gasteiger partial charge in [0, 0.05) is 41.1 Å². The highest BCUT2D eigenvalue weighted by molar-refractivity contribution is 5.98. The number of carbonyl (C=O) groups excluding carboxylic acids is 1. The quantitative estimate of drug-likeness (QED) is 0.379. The number of hydrogen-bond acceptors (Lipinski definition) is 6. The minimum absolute atomic E-state index is 0.0692. The van der Waals surface area contributed by atoms with Gasteiger partial charge in [0.15, 0.2) is 11.5 Å². The normalized spacial score (nSPS) is 11.2. The molecule has 0 spiro atoms. The summed E-state index contributed by atoms with van der Waals surface area (Å²) in [5, 5.41) is 3.86. The Kier molecular flexibility index (Phi) is 5.93. The van der Waals surface area contributed by atoms with E-state index in [0.717, 1.165) is 27.9 Å². The van der Waals surface area contributed by atoms with Crippen molar-refractivity contribution < 1.29 is 4.79 Å². The summed E-state index contributed by atoms with van der Waals surface area (Å²) in [6.07, 6.45) is 5.37. The maximum Gasteiger partial charge on any atom is 0.274 e. The molecule has 0 aliphatic heterocycles. The fraction of sp³-hybridized carbons (Fsp3) is 0.148. The van der Waals surface area contributed by atoms with Gasteiger partial charge in [0.25, 0.3) is 5.91 Å². The highest BCUT2D eigenvalue weighted by Crippen LogP contribution is 2.32. The summed E-state index contributed by atoms with van der Waals surface area (Å²) < 4.78 is 2.00. The molecule has 0 aliphatic carbocycles. The lowest BCUT2D eigenvalue weighted by atomic mass is 10.0. The van der Waals surface area contributed by atoms with Crippen LogP contribution in [0.5, 0.6) is 0 Å². The number of nitrogens with one attached hydrogen (secondary N) is 1. The van der Waals surface area contributed by atoms with Gasteiger partial charge in [-0.15, -0.1) is 0 Å². The summed E-state index contributed by atoms with van der Waals surface area (Å²) in [4.78, 5) is 31.3. The van der Waals surface area contributed by atoms with Gasteiger partial charge in [-0.2, -0.15) is 0 Å². The molecule has 0 bridgehead atoms. The summed E-state index contributed by atoms with van der Waals surface area (Å²) >= 11 is 0. The predicted octanol–water partition coefficient (Wildman–Crippen LogP) is 4.65. The number of rotatable bonds is 6. The van der Waals surface area contributed by atoms with Crippen LogP contribution in [0.1, 0.15) is 36.2 Å². The van der Waals surface area contributed by atoms with Crippen LogP contribution >= 0.6 is 0 Å². The van der Waals surface area contributed by atoms with Crippen LogP contribution in [-0.4, -0.2) is 30.4 Å². The van der Waals surface area contributed by atoms with Gasteiger partial charge in [-0.3, -0.25) is 9.78 Å². The first-order valence-corrected chi connectivity index (χ1v) is 11.4. The van der Waals surface area contributed by atoms with Crippen LogP contribution in [0.15, 0.2) is 79.3 Å². The van der Waals surface area contributed by atoms with Gasteiger partial charge < -0.3 is 15.6 Å². The highest BCUT2D eigenvalue weighted by Gasteiger charge is 2.20. The summed E-state index contributed by atoms with van der Waals surface area (Å²) in [5.74, 6) is 0.416. The van der Waals surface area contributed by atoms with E-state index in [1.165, 1.54) is 0 Å². The molecule has 5 aromatic rings. The van der Waals surface area contributed by atoms with Crippen molar-refractivity contribution in [3.05, 3.63) is 90.8 Å². The van der Waals surface area contributed by atoms with E-state index in [-0.39, 0.29) is 24.1 Å². The Bertz CT molecular complexity index is 1510. The van der Waals surface area contributed by atoms with E-state index in [1.54, 1.807) is 12.4 Å². The first-order chi connectivity index (χ1) is 17.0. The summed E-state index contributed by atoms with van der Waals surface area (Å²) in [7, 11) is 0. The molecule has 3 aromatic heterocycles. The lowest BCUT2D eigenvalue weighted by molar-refractivity contribution is 0.0945. The summed E-state index contributed by atoms with van der Waals surface area (Å²) in [6, 6.07) is 19.7. The Balaban J connectivity index is 1.56. The van der Waals surface area contributed by atoms with Crippen molar-refractivity contribution in [2.45, 2.75) is 26.4 Å². The third-order valence-corrected chi connectivity index (χ3v) is 5.77. The molecule has 1 amide bonds. The number of imidazole rings is 1. The number of nitrogens with two attached hydrogens (primary N) is 1. The highest BCUT2D eigenvalue weighted by atomic mass is 16.1. The molecule has 0 saturated carbocycles. The molecular weight excluding hydrogens is 438 g/mol. The van der Waals surface area contributed by atoms with Crippen LogP contribution in [-0.2, 0) is 6.54 Å². The molecule has 8 heteroatoms. The second-order valence-electron chi connectivity index (χ2n) is 8.46. The molecule has 0 unspecified atom stereocenters. The van der Waals surface area contributed by atoms with Gasteiger partial charge in [0.05, 0.1) is 23.4 Å². The van der Waals surface area contributed by atoms with Crippen molar-refractivity contribution >= 4 is 22.6 Å². The third kappa shape index (κ3) is 4.46. The molecule has 0 radical (unpaired) electrons. The van der Waals surface area contributed by atoms with Crippen LogP contribution in [0.25, 0.3) is 33.4 Å². The number of hydrogen-bond donors (Lipinski definition) is 2. The van der Waals surface area contributed by atoms with Crippen molar-refractivity contribution in [3.63, 3.8) is 0 Å². The molecule has 2 aromatic carbocycles. The second-order valence-corrected chi connectivity index (χ2v) is 8.46. The molecule has 5 rings (SSSR count). The number of amides is 1. The van der Waals surface area contributed by atoms with Crippen molar-refractivity contribution in [1.29, 1.82) is 0 Å². The van der Waals surface area contributed by atoms with Crippen molar-refractivity contribution in [3.8, 4) is 22.5 Å². The lowest BCUT2D eigenvalue weighted by Gasteiger charge is -2.14. The summed E-state index contributed by atoms with van der Waals surface area (Å²) in [5.41, 5.74) is 10.1. The van der Waals surface area contributed by atoms with Gasteiger partial charge >= 0.3 is 0 Å². The molecule has 174 valence electrons. The topological polar surface area (TPSA) is 112 Å². The number of pyridine rings is 1.